The maximum atomic E-state index is 12.7. The first kappa shape index (κ1) is 32.2. The number of nitrogens with one attached hydrogen (secondary N) is 1. The van der Waals surface area contributed by atoms with Crippen molar-refractivity contribution >= 4 is 16.0 Å². The van der Waals surface area contributed by atoms with E-state index in [0.29, 0.717) is 40.7 Å². The van der Waals surface area contributed by atoms with E-state index in [-0.39, 0.29) is 12.5 Å². The van der Waals surface area contributed by atoms with Gasteiger partial charge in [0.25, 0.3) is 10.1 Å². The van der Waals surface area contributed by atoms with Crippen LogP contribution in [0.5, 0.6) is 0 Å². The van der Waals surface area contributed by atoms with Gasteiger partial charge in [0.15, 0.2) is 0 Å². The summed E-state index contributed by atoms with van der Waals surface area (Å²) in [5, 5.41) is 13.0. The summed E-state index contributed by atoms with van der Waals surface area (Å²) in [6.45, 7) is 9.18. The predicted octanol–water partition coefficient (Wildman–Crippen LogP) is 5.28. The van der Waals surface area contributed by atoms with E-state index in [1.807, 2.05) is 14.1 Å². The summed E-state index contributed by atoms with van der Waals surface area (Å²) in [6, 6.07) is 0. The van der Waals surface area contributed by atoms with Crippen molar-refractivity contribution in [3.63, 3.8) is 0 Å². The highest BCUT2D eigenvalue weighted by Crippen LogP contribution is 2.68. The van der Waals surface area contributed by atoms with Gasteiger partial charge in [-0.05, 0) is 104 Å². The molecule has 4 rings (SSSR count). The van der Waals surface area contributed by atoms with Crippen molar-refractivity contribution in [3.8, 4) is 0 Å². The lowest BCUT2D eigenvalue weighted by molar-refractivity contribution is -0.893. The van der Waals surface area contributed by atoms with Crippen LogP contribution >= 0.6 is 0 Å². The van der Waals surface area contributed by atoms with Crippen molar-refractivity contribution in [2.45, 2.75) is 110 Å². The van der Waals surface area contributed by atoms with Crippen LogP contribution in [-0.2, 0) is 14.9 Å². The summed E-state index contributed by atoms with van der Waals surface area (Å²) in [5.74, 6) is 4.50. The van der Waals surface area contributed by atoms with Crippen LogP contribution in [0, 0.1) is 46.3 Å². The maximum absolute atomic E-state index is 12.7. The molecule has 0 aliphatic heterocycles. The molecule has 4 saturated carbocycles. The molecular formula is C32H59N2O5S+. The Morgan fingerprint density at radius 1 is 1.00 bits per heavy atom. The summed E-state index contributed by atoms with van der Waals surface area (Å²) in [5.41, 5.74) is 1.04. The predicted molar refractivity (Wildman–Crippen MR) is 160 cm³/mol. The maximum Gasteiger partial charge on any atom is 0.267 e. The molecule has 7 nitrogen and oxygen atoms in total. The highest BCUT2D eigenvalue weighted by atomic mass is 32.2. The molecule has 4 aliphatic carbocycles. The molecule has 0 aromatic carbocycles. The Hall–Kier alpha value is -0.700. The summed E-state index contributed by atoms with van der Waals surface area (Å²) >= 11 is 0. The van der Waals surface area contributed by atoms with E-state index in [4.69, 9.17) is 4.55 Å². The third kappa shape index (κ3) is 7.26. The van der Waals surface area contributed by atoms with Crippen LogP contribution in [0.2, 0.25) is 0 Å². The minimum atomic E-state index is -4.19. The van der Waals surface area contributed by atoms with Gasteiger partial charge in [-0.1, -0.05) is 33.6 Å². The number of hydrogen-bond acceptors (Lipinski definition) is 4. The number of aliphatic hydroxyl groups is 1. The van der Waals surface area contributed by atoms with Crippen LogP contribution in [0.15, 0.2) is 0 Å². The average Bonchev–Trinajstić information content (AvgIpc) is 3.20. The molecule has 4 aliphatic rings. The van der Waals surface area contributed by atoms with E-state index < -0.39 is 22.0 Å². The Morgan fingerprint density at radius 3 is 2.45 bits per heavy atom. The van der Waals surface area contributed by atoms with Crippen LogP contribution in [-0.4, -0.2) is 74.1 Å². The number of fused-ring (bicyclic) bond motifs is 5. The molecule has 3 N–H and O–H groups in total. The Morgan fingerprint density at radius 2 is 1.73 bits per heavy atom. The van der Waals surface area contributed by atoms with Crippen molar-refractivity contribution in [2.24, 2.45) is 46.3 Å². The van der Waals surface area contributed by atoms with E-state index >= 15 is 0 Å². The van der Waals surface area contributed by atoms with E-state index in [1.165, 1.54) is 64.2 Å². The lowest BCUT2D eigenvalue weighted by Crippen LogP contribution is -2.53. The van der Waals surface area contributed by atoms with Gasteiger partial charge in [-0.3, -0.25) is 9.35 Å². The van der Waals surface area contributed by atoms with Gasteiger partial charge in [0, 0.05) is 19.4 Å². The zero-order valence-corrected chi connectivity index (χ0v) is 26.9. The largest absolute Gasteiger partial charge is 0.386 e. The summed E-state index contributed by atoms with van der Waals surface area (Å²) < 4.78 is 31.4. The van der Waals surface area contributed by atoms with Crippen molar-refractivity contribution in [1.29, 1.82) is 0 Å². The van der Waals surface area contributed by atoms with E-state index in [0.717, 1.165) is 42.4 Å². The average molecular weight is 584 g/mol. The highest BCUT2D eigenvalue weighted by molar-refractivity contribution is 7.85. The Labute approximate surface area is 244 Å². The van der Waals surface area contributed by atoms with Crippen molar-refractivity contribution < 1.29 is 27.4 Å². The first-order valence-corrected chi connectivity index (χ1v) is 18.0. The number of aliphatic hydroxyl groups excluding tert-OH is 1. The number of rotatable bonds is 12. The number of amides is 1. The van der Waals surface area contributed by atoms with Crippen LogP contribution < -0.4 is 5.32 Å². The Bertz CT molecular complexity index is 986. The van der Waals surface area contributed by atoms with Crippen LogP contribution in [0.1, 0.15) is 104 Å². The molecule has 1 amide bonds. The number of hydrogen-bond donors (Lipinski definition) is 3. The third-order valence-corrected chi connectivity index (χ3v) is 13.3. The zero-order valence-electron chi connectivity index (χ0n) is 26.0. The lowest BCUT2D eigenvalue weighted by Gasteiger charge is -2.61. The standard InChI is InChI=1S/C32H58N2O5S/c1-23(10-15-30(36)33-19-8-20-34(4,5)21-25(35)22-40(37,38)39)27-13-14-28-26-12-11-24-9-6-7-17-31(24,2)29(26)16-18-32(27,28)3/h23-29,35H,6-22H2,1-5H3,(H-,33,36,37,38,39)/p+1/t23-,24+,25+,26+,27-,28+,29+,31+,32-/m1/s1. The molecule has 0 saturated heterocycles. The summed E-state index contributed by atoms with van der Waals surface area (Å²) in [7, 11) is -0.357. The number of carbonyl (C=O) groups is 1. The minimum absolute atomic E-state index is 0.121. The third-order valence-electron chi connectivity index (χ3n) is 12.5. The van der Waals surface area contributed by atoms with E-state index in [9.17, 15) is 18.3 Å². The second-order valence-corrected chi connectivity index (χ2v) is 17.1. The smallest absolute Gasteiger partial charge is 0.267 e. The first-order valence-electron chi connectivity index (χ1n) is 16.4. The van der Waals surface area contributed by atoms with Gasteiger partial charge in [0.05, 0.1) is 20.6 Å². The fourth-order valence-corrected chi connectivity index (χ4v) is 11.2. The van der Waals surface area contributed by atoms with Gasteiger partial charge in [-0.25, -0.2) is 0 Å². The van der Waals surface area contributed by atoms with Crippen LogP contribution in [0.25, 0.3) is 0 Å². The lowest BCUT2D eigenvalue weighted by atomic mass is 9.44. The molecule has 9 atom stereocenters. The Kier molecular flexibility index (Phi) is 10.1. The topological polar surface area (TPSA) is 104 Å². The first-order chi connectivity index (χ1) is 18.6. The van der Waals surface area contributed by atoms with Gasteiger partial charge in [-0.15, -0.1) is 0 Å². The molecule has 8 heteroatoms. The van der Waals surface area contributed by atoms with Gasteiger partial charge in [0.1, 0.15) is 18.4 Å². The second kappa shape index (κ2) is 12.5. The normalized spacial score (nSPS) is 37.6. The van der Waals surface area contributed by atoms with E-state index in [1.54, 1.807) is 0 Å². The minimum Gasteiger partial charge on any atom is -0.386 e. The van der Waals surface area contributed by atoms with Crippen molar-refractivity contribution in [3.05, 3.63) is 0 Å². The van der Waals surface area contributed by atoms with Gasteiger partial charge in [0.2, 0.25) is 5.91 Å². The summed E-state index contributed by atoms with van der Waals surface area (Å²) in [4.78, 5) is 12.7. The number of quaternary nitrogens is 1. The molecule has 4 fully saturated rings. The molecule has 232 valence electrons. The molecule has 0 aromatic rings. The molecular weight excluding hydrogens is 524 g/mol. The van der Waals surface area contributed by atoms with Crippen LogP contribution in [0.4, 0.5) is 0 Å². The molecule has 0 heterocycles. The Balaban J connectivity index is 1.20. The highest BCUT2D eigenvalue weighted by Gasteiger charge is 2.60. The van der Waals surface area contributed by atoms with Crippen molar-refractivity contribution in [1.82, 2.24) is 5.32 Å². The number of likely N-dealkylation sites (N-methyl/N-ethyl adjacent to an activating group) is 1. The zero-order chi connectivity index (χ0) is 29.3. The fourth-order valence-electron chi connectivity index (χ4n) is 10.6. The number of carbonyl (C=O) groups excluding carboxylic acids is 1. The monoisotopic (exact) mass is 583 g/mol. The van der Waals surface area contributed by atoms with Crippen molar-refractivity contribution in [2.75, 3.05) is 39.5 Å². The molecule has 0 spiro atoms. The molecule has 40 heavy (non-hydrogen) atoms. The van der Waals surface area contributed by atoms with Gasteiger partial charge in [-0.2, -0.15) is 8.42 Å². The summed E-state index contributed by atoms with van der Waals surface area (Å²) in [6.07, 6.45) is 15.5. The quantitative estimate of drug-likeness (QED) is 0.165. The second-order valence-electron chi connectivity index (χ2n) is 15.6. The van der Waals surface area contributed by atoms with Gasteiger partial charge < -0.3 is 14.9 Å². The molecule has 0 radical (unpaired) electrons. The van der Waals surface area contributed by atoms with Gasteiger partial charge >= 0.3 is 0 Å². The van der Waals surface area contributed by atoms with Crippen LogP contribution in [0.3, 0.4) is 0 Å². The molecule has 0 bridgehead atoms. The van der Waals surface area contributed by atoms with E-state index in [2.05, 4.69) is 26.1 Å². The number of nitrogens with zero attached hydrogens (tertiary/aromatic N) is 1. The molecule has 0 aromatic heterocycles. The SMILES string of the molecule is C[C@H](CCC(=O)NCCC[N+](C)(C)C[C@H](O)CS(=O)(=O)O)[C@H]1CC[C@H]2[C@@H]3CC[C@@H]4CCCC[C@]4(C)[C@H]3CC[C@]12C. The fraction of sp³-hybridized carbons (Fsp3) is 0.969. The molecule has 0 unspecified atom stereocenters.